The highest BCUT2D eigenvalue weighted by Crippen LogP contribution is 2.33. The molecule has 0 fully saturated rings. The zero-order chi connectivity index (χ0) is 18.2. The first-order chi connectivity index (χ1) is 13.3. The summed E-state index contributed by atoms with van der Waals surface area (Å²) < 4.78 is 13.6. The normalized spacial score (nSPS) is 13.2. The van der Waals surface area contributed by atoms with Crippen LogP contribution < -0.4 is 14.8 Å². The van der Waals surface area contributed by atoms with Gasteiger partial charge < -0.3 is 19.4 Å². The summed E-state index contributed by atoms with van der Waals surface area (Å²) in [6, 6.07) is 21.4. The Labute approximate surface area is 158 Å². The Bertz CT molecular complexity index is 1130. The van der Waals surface area contributed by atoms with Crippen LogP contribution in [-0.2, 0) is 13.1 Å². The standard InChI is InChI=1S/C23H22N2O2/c1-2-25-20-6-4-3-5-18(20)19-13-16(7-9-21(19)25)15-24-17-8-10-22-23(14-17)27-12-11-26-22/h3-10,13-14,24H,2,11-12,15H2,1H3. The van der Waals surface area contributed by atoms with Crippen molar-refractivity contribution in [2.45, 2.75) is 20.0 Å². The van der Waals surface area contributed by atoms with Crippen molar-refractivity contribution in [3.63, 3.8) is 0 Å². The lowest BCUT2D eigenvalue weighted by atomic mass is 10.1. The number of aromatic nitrogens is 1. The zero-order valence-corrected chi connectivity index (χ0v) is 15.4. The Balaban J connectivity index is 1.45. The van der Waals surface area contributed by atoms with Crippen molar-refractivity contribution in [1.29, 1.82) is 0 Å². The number of para-hydroxylation sites is 1. The van der Waals surface area contributed by atoms with E-state index in [4.69, 9.17) is 9.47 Å². The van der Waals surface area contributed by atoms with Gasteiger partial charge in [-0.25, -0.2) is 0 Å². The summed E-state index contributed by atoms with van der Waals surface area (Å²) in [7, 11) is 0. The molecular weight excluding hydrogens is 336 g/mol. The molecular formula is C23H22N2O2. The molecule has 1 aromatic heterocycles. The van der Waals surface area contributed by atoms with Gasteiger partial charge in [-0.2, -0.15) is 0 Å². The molecule has 4 nitrogen and oxygen atoms in total. The summed E-state index contributed by atoms with van der Waals surface area (Å²) in [5, 5.41) is 6.13. The number of ether oxygens (including phenoxy) is 2. The van der Waals surface area contributed by atoms with Gasteiger partial charge in [-0.15, -0.1) is 0 Å². The van der Waals surface area contributed by atoms with Gasteiger partial charge in [0.15, 0.2) is 11.5 Å². The van der Waals surface area contributed by atoms with Crippen molar-refractivity contribution in [3.8, 4) is 11.5 Å². The zero-order valence-electron chi connectivity index (χ0n) is 15.4. The minimum Gasteiger partial charge on any atom is -0.486 e. The summed E-state index contributed by atoms with van der Waals surface area (Å²) in [5.41, 5.74) is 4.89. The summed E-state index contributed by atoms with van der Waals surface area (Å²) in [4.78, 5) is 0. The Morgan fingerprint density at radius 1 is 0.852 bits per heavy atom. The minimum atomic E-state index is 0.606. The van der Waals surface area contributed by atoms with Crippen LogP contribution >= 0.6 is 0 Å². The molecule has 0 spiro atoms. The molecule has 4 heteroatoms. The Morgan fingerprint density at radius 3 is 2.56 bits per heavy atom. The third-order valence-electron chi connectivity index (χ3n) is 5.19. The number of fused-ring (bicyclic) bond motifs is 4. The average molecular weight is 358 g/mol. The second-order valence-corrected chi connectivity index (χ2v) is 6.82. The molecule has 0 aliphatic carbocycles. The third-order valence-corrected chi connectivity index (χ3v) is 5.19. The highest BCUT2D eigenvalue weighted by Gasteiger charge is 2.12. The molecule has 0 bridgehead atoms. The van der Waals surface area contributed by atoms with Gasteiger partial charge >= 0.3 is 0 Å². The van der Waals surface area contributed by atoms with Crippen LogP contribution in [0, 0.1) is 0 Å². The molecule has 27 heavy (non-hydrogen) atoms. The molecule has 0 radical (unpaired) electrons. The molecule has 0 amide bonds. The van der Waals surface area contributed by atoms with Crippen LogP contribution in [0.2, 0.25) is 0 Å². The number of nitrogens with zero attached hydrogens (tertiary/aromatic N) is 1. The number of hydrogen-bond acceptors (Lipinski definition) is 3. The van der Waals surface area contributed by atoms with Gasteiger partial charge in [-0.3, -0.25) is 0 Å². The minimum absolute atomic E-state index is 0.606. The van der Waals surface area contributed by atoms with Crippen LogP contribution in [0.1, 0.15) is 12.5 Å². The largest absolute Gasteiger partial charge is 0.486 e. The first kappa shape index (κ1) is 16.1. The van der Waals surface area contributed by atoms with E-state index >= 15 is 0 Å². The van der Waals surface area contributed by atoms with Crippen molar-refractivity contribution in [2.75, 3.05) is 18.5 Å². The fourth-order valence-electron chi connectivity index (χ4n) is 3.91. The van der Waals surface area contributed by atoms with Crippen LogP contribution in [-0.4, -0.2) is 17.8 Å². The molecule has 2 heterocycles. The Hall–Kier alpha value is -3.14. The summed E-state index contributed by atoms with van der Waals surface area (Å²) in [6.07, 6.45) is 0. The molecule has 0 saturated heterocycles. The predicted molar refractivity (Wildman–Crippen MR) is 110 cm³/mol. The van der Waals surface area contributed by atoms with Crippen molar-refractivity contribution >= 4 is 27.5 Å². The van der Waals surface area contributed by atoms with Crippen LogP contribution in [0.3, 0.4) is 0 Å². The molecule has 0 saturated carbocycles. The lowest BCUT2D eigenvalue weighted by Gasteiger charge is -2.19. The van der Waals surface area contributed by atoms with Crippen molar-refractivity contribution < 1.29 is 9.47 Å². The maximum atomic E-state index is 5.67. The topological polar surface area (TPSA) is 35.4 Å². The molecule has 0 unspecified atom stereocenters. The smallest absolute Gasteiger partial charge is 0.163 e. The molecule has 3 aromatic carbocycles. The Kier molecular flexibility index (Phi) is 3.89. The second kappa shape index (κ2) is 6.54. The highest BCUT2D eigenvalue weighted by atomic mass is 16.6. The Morgan fingerprint density at radius 2 is 1.67 bits per heavy atom. The van der Waals surface area contributed by atoms with E-state index in [-0.39, 0.29) is 0 Å². The van der Waals surface area contributed by atoms with Crippen molar-refractivity contribution in [1.82, 2.24) is 4.57 Å². The number of benzene rings is 3. The van der Waals surface area contributed by atoms with Crippen LogP contribution in [0.4, 0.5) is 5.69 Å². The van der Waals surface area contributed by atoms with E-state index < -0.39 is 0 Å². The summed E-state index contributed by atoms with van der Waals surface area (Å²) in [5.74, 6) is 1.63. The molecule has 4 aromatic rings. The number of aryl methyl sites for hydroxylation is 1. The molecule has 1 aliphatic rings. The first-order valence-corrected chi connectivity index (χ1v) is 9.47. The van der Waals surface area contributed by atoms with Gasteiger partial charge in [0, 0.05) is 46.6 Å². The van der Waals surface area contributed by atoms with Crippen LogP contribution in [0.25, 0.3) is 21.8 Å². The van der Waals surface area contributed by atoms with Gasteiger partial charge in [0.2, 0.25) is 0 Å². The van der Waals surface area contributed by atoms with Gasteiger partial charge in [-0.05, 0) is 42.8 Å². The van der Waals surface area contributed by atoms with Crippen molar-refractivity contribution in [2.24, 2.45) is 0 Å². The van der Waals surface area contributed by atoms with Crippen molar-refractivity contribution in [3.05, 3.63) is 66.2 Å². The van der Waals surface area contributed by atoms with Gasteiger partial charge in [0.25, 0.3) is 0 Å². The maximum absolute atomic E-state index is 5.67. The van der Waals surface area contributed by atoms with E-state index in [9.17, 15) is 0 Å². The SMILES string of the molecule is CCn1c2ccccc2c2cc(CNc3ccc4c(c3)OCCO4)ccc21. The quantitative estimate of drug-likeness (QED) is 0.545. The molecule has 0 atom stereocenters. The molecule has 5 rings (SSSR count). The van der Waals surface area contributed by atoms with E-state index in [2.05, 4.69) is 59.3 Å². The van der Waals surface area contributed by atoms with Crippen LogP contribution in [0.5, 0.6) is 11.5 Å². The molecule has 136 valence electrons. The summed E-state index contributed by atoms with van der Waals surface area (Å²) >= 11 is 0. The highest BCUT2D eigenvalue weighted by molar-refractivity contribution is 6.08. The number of hydrogen-bond donors (Lipinski definition) is 1. The number of anilines is 1. The lowest BCUT2D eigenvalue weighted by Crippen LogP contribution is -2.15. The summed E-state index contributed by atoms with van der Waals surface area (Å²) in [6.45, 7) is 5.16. The van der Waals surface area contributed by atoms with Gasteiger partial charge in [0.05, 0.1) is 0 Å². The van der Waals surface area contributed by atoms with E-state index in [0.717, 1.165) is 30.3 Å². The fourth-order valence-corrected chi connectivity index (χ4v) is 3.91. The monoisotopic (exact) mass is 358 g/mol. The fraction of sp³-hybridized carbons (Fsp3) is 0.217. The molecule has 1 aliphatic heterocycles. The van der Waals surface area contributed by atoms with Gasteiger partial charge in [-0.1, -0.05) is 24.3 Å². The first-order valence-electron chi connectivity index (χ1n) is 9.47. The maximum Gasteiger partial charge on any atom is 0.163 e. The van der Waals surface area contributed by atoms with Gasteiger partial charge in [0.1, 0.15) is 13.2 Å². The lowest BCUT2D eigenvalue weighted by molar-refractivity contribution is 0.171. The number of nitrogens with one attached hydrogen (secondary N) is 1. The average Bonchev–Trinajstić information content (AvgIpc) is 3.05. The predicted octanol–water partition coefficient (Wildman–Crippen LogP) is 5.20. The van der Waals surface area contributed by atoms with E-state index in [1.807, 2.05) is 18.2 Å². The van der Waals surface area contributed by atoms with E-state index in [1.165, 1.54) is 27.4 Å². The third kappa shape index (κ3) is 2.78. The van der Waals surface area contributed by atoms with Crippen LogP contribution in [0.15, 0.2) is 60.7 Å². The molecule has 1 N–H and O–H groups in total. The van der Waals surface area contributed by atoms with E-state index in [1.54, 1.807) is 0 Å². The van der Waals surface area contributed by atoms with E-state index in [0.29, 0.717) is 13.2 Å². The second-order valence-electron chi connectivity index (χ2n) is 6.82. The number of rotatable bonds is 4.